The number of allylic oxidation sites excluding steroid dienone is 2. The van der Waals surface area contributed by atoms with E-state index in [0.717, 1.165) is 30.1 Å². The van der Waals surface area contributed by atoms with Crippen LogP contribution in [0.2, 0.25) is 0 Å². The van der Waals surface area contributed by atoms with Gasteiger partial charge in [-0.1, -0.05) is 98.6 Å². The van der Waals surface area contributed by atoms with Gasteiger partial charge in [0.25, 0.3) is 0 Å². The average molecular weight is 538 g/mol. The van der Waals surface area contributed by atoms with Gasteiger partial charge in [-0.15, -0.1) is 0 Å². The molecule has 0 heterocycles. The highest BCUT2D eigenvalue weighted by atomic mass is 79.9. The van der Waals surface area contributed by atoms with Gasteiger partial charge in [0.15, 0.2) is 0 Å². The molecule has 0 N–H and O–H groups in total. The first kappa shape index (κ1) is 26.3. The number of halogens is 1. The van der Waals surface area contributed by atoms with E-state index in [0.29, 0.717) is 21.2 Å². The number of unbranched alkanes of at least 4 members (excludes halogenated alkanes) is 5. The van der Waals surface area contributed by atoms with Crippen molar-refractivity contribution in [3.63, 3.8) is 0 Å². The molecule has 0 aromatic carbocycles. The van der Waals surface area contributed by atoms with Gasteiger partial charge in [-0.2, -0.15) is 0 Å². The van der Waals surface area contributed by atoms with Crippen LogP contribution in [0, 0.1) is 34.5 Å². The highest BCUT2D eigenvalue weighted by Gasteiger charge is 2.58. The van der Waals surface area contributed by atoms with Crippen molar-refractivity contribution < 1.29 is 4.79 Å². The van der Waals surface area contributed by atoms with Crippen LogP contribution < -0.4 is 0 Å². The third kappa shape index (κ3) is 5.35. The van der Waals surface area contributed by atoms with Gasteiger partial charge in [-0.3, -0.25) is 4.79 Å². The molecule has 0 bridgehead atoms. The molecule has 0 aliphatic heterocycles. The molecular formula is C30H49BrOS. The van der Waals surface area contributed by atoms with Crippen LogP contribution in [0.3, 0.4) is 0 Å². The second kappa shape index (κ2) is 11.1. The second-order valence-corrected chi connectivity index (χ2v) is 15.2. The predicted molar refractivity (Wildman–Crippen MR) is 148 cm³/mol. The van der Waals surface area contributed by atoms with E-state index < -0.39 is 0 Å². The average Bonchev–Trinajstić information content (AvgIpc) is 3.12. The van der Waals surface area contributed by atoms with Crippen LogP contribution in [0.1, 0.15) is 124 Å². The second-order valence-electron chi connectivity index (χ2n) is 12.6. The molecule has 0 saturated heterocycles. The largest absolute Gasteiger partial charge is 0.286 e. The molecule has 3 heteroatoms. The molecule has 0 aromatic heterocycles. The normalized spacial score (nSPS) is 41.0. The van der Waals surface area contributed by atoms with Gasteiger partial charge in [0.1, 0.15) is 0 Å². The fourth-order valence-electron chi connectivity index (χ4n) is 8.74. The molecule has 33 heavy (non-hydrogen) atoms. The molecule has 4 aliphatic rings. The molecule has 188 valence electrons. The summed E-state index contributed by atoms with van der Waals surface area (Å²) >= 11 is 5.09. The number of carbonyl (C=O) groups is 1. The molecule has 4 aliphatic carbocycles. The minimum Gasteiger partial charge on any atom is -0.286 e. The van der Waals surface area contributed by atoms with Crippen molar-refractivity contribution in [3.8, 4) is 0 Å². The van der Waals surface area contributed by atoms with E-state index >= 15 is 0 Å². The van der Waals surface area contributed by atoms with Crippen LogP contribution in [0.4, 0.5) is 0 Å². The fraction of sp³-hybridized carbons (Fsp3) is 0.900. The summed E-state index contributed by atoms with van der Waals surface area (Å²) in [6, 6.07) is 0. The van der Waals surface area contributed by atoms with Gasteiger partial charge in [-0.25, -0.2) is 0 Å². The molecular weight excluding hydrogens is 488 g/mol. The van der Waals surface area contributed by atoms with Gasteiger partial charge in [0.2, 0.25) is 5.12 Å². The maximum Gasteiger partial charge on any atom is 0.202 e. The Morgan fingerprint density at radius 3 is 2.58 bits per heavy atom. The minimum atomic E-state index is -0.0248. The lowest BCUT2D eigenvalue weighted by Gasteiger charge is -2.58. The van der Waals surface area contributed by atoms with Gasteiger partial charge in [-0.05, 0) is 99.2 Å². The monoisotopic (exact) mass is 536 g/mol. The Balaban J connectivity index is 1.38. The van der Waals surface area contributed by atoms with Crippen molar-refractivity contribution in [2.75, 3.05) is 0 Å². The minimum absolute atomic E-state index is 0.0248. The molecule has 0 aromatic rings. The lowest BCUT2D eigenvalue weighted by atomic mass is 9.47. The zero-order valence-corrected chi connectivity index (χ0v) is 24.2. The Kier molecular flexibility index (Phi) is 8.85. The lowest BCUT2D eigenvalue weighted by Crippen LogP contribution is -2.50. The van der Waals surface area contributed by atoms with E-state index in [-0.39, 0.29) is 4.83 Å². The molecule has 8 atom stereocenters. The fourth-order valence-corrected chi connectivity index (χ4v) is 10.1. The summed E-state index contributed by atoms with van der Waals surface area (Å²) < 4.78 is 0. The van der Waals surface area contributed by atoms with Crippen molar-refractivity contribution in [1.29, 1.82) is 0 Å². The summed E-state index contributed by atoms with van der Waals surface area (Å²) in [5.74, 6) is 3.75. The number of hydrogen-bond donors (Lipinski definition) is 0. The van der Waals surface area contributed by atoms with Gasteiger partial charge in [0.05, 0.1) is 4.83 Å². The van der Waals surface area contributed by atoms with Crippen LogP contribution in [0.5, 0.6) is 0 Å². The highest BCUT2D eigenvalue weighted by molar-refractivity contribution is 9.10. The van der Waals surface area contributed by atoms with E-state index in [9.17, 15) is 4.79 Å². The van der Waals surface area contributed by atoms with E-state index in [1.807, 2.05) is 6.92 Å². The van der Waals surface area contributed by atoms with E-state index in [4.69, 9.17) is 0 Å². The molecule has 0 radical (unpaired) electrons. The molecule has 1 nitrogen and oxygen atoms in total. The smallest absolute Gasteiger partial charge is 0.202 e. The molecule has 0 spiro atoms. The van der Waals surface area contributed by atoms with Crippen molar-refractivity contribution in [2.45, 2.75) is 134 Å². The summed E-state index contributed by atoms with van der Waals surface area (Å²) in [6.45, 7) is 9.59. The SMILES string of the molecule is CCCCCCCCC1CCC2C3CC=C4CC(SC(=O)C(C)Br)CCC4(C)C3CCC12C. The van der Waals surface area contributed by atoms with Crippen molar-refractivity contribution in [3.05, 3.63) is 11.6 Å². The number of hydrogen-bond acceptors (Lipinski definition) is 2. The number of thioether (sulfide) groups is 1. The Bertz CT molecular complexity index is 716. The zero-order chi connectivity index (χ0) is 23.6. The van der Waals surface area contributed by atoms with Crippen molar-refractivity contribution in [1.82, 2.24) is 0 Å². The summed E-state index contributed by atoms with van der Waals surface area (Å²) in [6.07, 6.45) is 23.7. The summed E-state index contributed by atoms with van der Waals surface area (Å²) in [5.41, 5.74) is 2.73. The van der Waals surface area contributed by atoms with Crippen molar-refractivity contribution >= 4 is 32.8 Å². The molecule has 3 saturated carbocycles. The summed E-state index contributed by atoms with van der Waals surface area (Å²) in [4.78, 5) is 12.3. The van der Waals surface area contributed by atoms with Crippen molar-refractivity contribution in [2.24, 2.45) is 34.5 Å². The topological polar surface area (TPSA) is 17.1 Å². The quantitative estimate of drug-likeness (QED) is 0.165. The van der Waals surface area contributed by atoms with Gasteiger partial charge >= 0.3 is 0 Å². The summed E-state index contributed by atoms with van der Waals surface area (Å²) in [5, 5.41) is 0.809. The summed E-state index contributed by atoms with van der Waals surface area (Å²) in [7, 11) is 0. The van der Waals surface area contributed by atoms with Crippen LogP contribution in [-0.2, 0) is 4.79 Å². The molecule has 8 unspecified atom stereocenters. The Morgan fingerprint density at radius 2 is 1.82 bits per heavy atom. The standard InChI is InChI=1S/C30H49BrOS/c1-5-6-7-8-9-10-11-22-13-15-26-25-14-12-23-20-24(33-28(32)21(2)31)16-18-30(23,4)27(25)17-19-29(22,26)3/h12,21-22,24-27H,5-11,13-20H2,1-4H3. The van der Waals surface area contributed by atoms with Crippen LogP contribution >= 0.6 is 27.7 Å². The van der Waals surface area contributed by atoms with Gasteiger partial charge in [0, 0.05) is 5.25 Å². The number of carbonyl (C=O) groups excluding carboxylic acids is 1. The first-order chi connectivity index (χ1) is 15.8. The third-order valence-electron chi connectivity index (χ3n) is 10.8. The Labute approximate surface area is 217 Å². The van der Waals surface area contributed by atoms with Crippen LogP contribution in [-0.4, -0.2) is 15.2 Å². The maximum absolute atomic E-state index is 12.3. The number of fused-ring (bicyclic) bond motifs is 5. The molecule has 0 amide bonds. The zero-order valence-electron chi connectivity index (χ0n) is 21.8. The van der Waals surface area contributed by atoms with Gasteiger partial charge < -0.3 is 0 Å². The lowest BCUT2D eigenvalue weighted by molar-refractivity contribution is -0.110. The van der Waals surface area contributed by atoms with Crippen LogP contribution in [0.15, 0.2) is 11.6 Å². The third-order valence-corrected chi connectivity index (χ3v) is 12.8. The van der Waals surface area contributed by atoms with E-state index in [2.05, 4.69) is 42.8 Å². The first-order valence-corrected chi connectivity index (χ1v) is 16.1. The predicted octanol–water partition coefficient (Wildman–Crippen LogP) is 9.73. The van der Waals surface area contributed by atoms with Crippen LogP contribution in [0.25, 0.3) is 0 Å². The highest BCUT2D eigenvalue weighted by Crippen LogP contribution is 2.67. The number of rotatable bonds is 9. The Morgan fingerprint density at radius 1 is 1.06 bits per heavy atom. The molecule has 4 rings (SSSR count). The molecule has 3 fully saturated rings. The maximum atomic E-state index is 12.3. The first-order valence-electron chi connectivity index (χ1n) is 14.3. The van der Waals surface area contributed by atoms with E-state index in [1.165, 1.54) is 89.9 Å². The van der Waals surface area contributed by atoms with E-state index in [1.54, 1.807) is 17.3 Å². The Hall–Kier alpha value is 0.240. The number of alkyl halides is 1.